The SMILES string of the molecule is CCn1ccnc1C(=O)C1COCCO1. The number of carbonyl (C=O) groups excluding carboxylic acids is 1. The predicted octanol–water partition coefficient (Wildman–Crippen LogP) is 0.501. The van der Waals surface area contributed by atoms with Crippen LogP contribution >= 0.6 is 0 Å². The Balaban J connectivity index is 2.12. The first-order chi connectivity index (χ1) is 7.33. The Bertz CT molecular complexity index is 342. The molecule has 0 bridgehead atoms. The maximum Gasteiger partial charge on any atom is 0.229 e. The fraction of sp³-hybridized carbons (Fsp3) is 0.600. The quantitative estimate of drug-likeness (QED) is 0.682. The zero-order valence-corrected chi connectivity index (χ0v) is 8.68. The third kappa shape index (κ3) is 2.08. The van der Waals surface area contributed by atoms with Crippen molar-refractivity contribution in [2.45, 2.75) is 19.6 Å². The molecule has 0 N–H and O–H groups in total. The van der Waals surface area contributed by atoms with E-state index in [4.69, 9.17) is 9.47 Å². The van der Waals surface area contributed by atoms with E-state index in [-0.39, 0.29) is 5.78 Å². The normalized spacial score (nSPS) is 21.5. The Morgan fingerprint density at radius 3 is 3.20 bits per heavy atom. The number of imidazole rings is 1. The first kappa shape index (κ1) is 10.3. The van der Waals surface area contributed by atoms with Gasteiger partial charge in [-0.15, -0.1) is 0 Å². The van der Waals surface area contributed by atoms with E-state index >= 15 is 0 Å². The molecule has 1 fully saturated rings. The molecule has 5 nitrogen and oxygen atoms in total. The minimum absolute atomic E-state index is 0.0958. The van der Waals surface area contributed by atoms with Crippen LogP contribution in [0.1, 0.15) is 17.5 Å². The molecule has 0 amide bonds. The van der Waals surface area contributed by atoms with Crippen molar-refractivity contribution in [1.82, 2.24) is 9.55 Å². The minimum atomic E-state index is -0.494. The zero-order chi connectivity index (χ0) is 10.7. The molecule has 82 valence electrons. The monoisotopic (exact) mass is 210 g/mol. The largest absolute Gasteiger partial charge is 0.376 e. The molecular weight excluding hydrogens is 196 g/mol. The molecule has 1 aliphatic rings. The average molecular weight is 210 g/mol. The first-order valence-corrected chi connectivity index (χ1v) is 5.07. The van der Waals surface area contributed by atoms with Crippen molar-refractivity contribution in [2.24, 2.45) is 0 Å². The van der Waals surface area contributed by atoms with Crippen LogP contribution in [0, 0.1) is 0 Å². The Kier molecular flexibility index (Phi) is 3.13. The van der Waals surface area contributed by atoms with Gasteiger partial charge >= 0.3 is 0 Å². The van der Waals surface area contributed by atoms with E-state index in [0.717, 1.165) is 6.54 Å². The Labute approximate surface area is 88.0 Å². The van der Waals surface area contributed by atoms with Gasteiger partial charge in [-0.2, -0.15) is 0 Å². The second-order valence-electron chi connectivity index (χ2n) is 3.34. The molecule has 0 aromatic carbocycles. The Morgan fingerprint density at radius 2 is 2.53 bits per heavy atom. The van der Waals surface area contributed by atoms with E-state index in [0.29, 0.717) is 25.6 Å². The predicted molar refractivity (Wildman–Crippen MR) is 52.8 cm³/mol. The molecule has 0 aliphatic carbocycles. The van der Waals surface area contributed by atoms with Crippen molar-refractivity contribution < 1.29 is 14.3 Å². The topological polar surface area (TPSA) is 53.4 Å². The highest BCUT2D eigenvalue weighted by molar-refractivity contribution is 5.96. The fourth-order valence-electron chi connectivity index (χ4n) is 1.57. The van der Waals surface area contributed by atoms with E-state index in [1.807, 2.05) is 6.92 Å². The van der Waals surface area contributed by atoms with Crippen LogP contribution in [0.25, 0.3) is 0 Å². The smallest absolute Gasteiger partial charge is 0.229 e. The number of nitrogens with zero attached hydrogens (tertiary/aromatic N) is 2. The number of aromatic nitrogens is 2. The van der Waals surface area contributed by atoms with Crippen LogP contribution in [0.2, 0.25) is 0 Å². The van der Waals surface area contributed by atoms with Crippen LogP contribution in [0.15, 0.2) is 12.4 Å². The van der Waals surface area contributed by atoms with Gasteiger partial charge < -0.3 is 14.0 Å². The van der Waals surface area contributed by atoms with Gasteiger partial charge in [0.1, 0.15) is 6.10 Å². The molecule has 1 aromatic rings. The van der Waals surface area contributed by atoms with Gasteiger partial charge in [0.05, 0.1) is 19.8 Å². The highest BCUT2D eigenvalue weighted by atomic mass is 16.6. The van der Waals surface area contributed by atoms with Gasteiger partial charge in [0.2, 0.25) is 5.78 Å². The number of hydrogen-bond donors (Lipinski definition) is 0. The summed E-state index contributed by atoms with van der Waals surface area (Å²) in [7, 11) is 0. The van der Waals surface area contributed by atoms with Crippen LogP contribution in [0.3, 0.4) is 0 Å². The third-order valence-electron chi connectivity index (χ3n) is 2.38. The molecule has 2 heterocycles. The van der Waals surface area contributed by atoms with Crippen LogP contribution in [-0.4, -0.2) is 41.3 Å². The van der Waals surface area contributed by atoms with E-state index in [2.05, 4.69) is 4.98 Å². The van der Waals surface area contributed by atoms with E-state index in [1.54, 1.807) is 17.0 Å². The first-order valence-electron chi connectivity index (χ1n) is 5.07. The molecule has 1 aromatic heterocycles. The molecule has 1 atom stereocenters. The number of carbonyl (C=O) groups is 1. The van der Waals surface area contributed by atoms with Crippen LogP contribution in [0.4, 0.5) is 0 Å². The average Bonchev–Trinajstić information content (AvgIpc) is 2.77. The summed E-state index contributed by atoms with van der Waals surface area (Å²) in [5, 5.41) is 0. The lowest BCUT2D eigenvalue weighted by atomic mass is 10.2. The molecule has 5 heteroatoms. The molecular formula is C10H14N2O3. The van der Waals surface area contributed by atoms with Gasteiger partial charge in [-0.1, -0.05) is 0 Å². The van der Waals surface area contributed by atoms with Gasteiger partial charge in [0.25, 0.3) is 0 Å². The van der Waals surface area contributed by atoms with Crippen LogP contribution in [-0.2, 0) is 16.0 Å². The van der Waals surface area contributed by atoms with Gasteiger partial charge in [0.15, 0.2) is 5.82 Å². The third-order valence-corrected chi connectivity index (χ3v) is 2.38. The molecule has 1 unspecified atom stereocenters. The van der Waals surface area contributed by atoms with Crippen molar-refractivity contribution in [3.05, 3.63) is 18.2 Å². The van der Waals surface area contributed by atoms with Crippen LogP contribution < -0.4 is 0 Å². The van der Waals surface area contributed by atoms with Crippen molar-refractivity contribution in [3.63, 3.8) is 0 Å². The summed E-state index contributed by atoms with van der Waals surface area (Å²) in [5.74, 6) is 0.356. The van der Waals surface area contributed by atoms with Gasteiger partial charge in [-0.25, -0.2) is 4.98 Å². The Morgan fingerprint density at radius 1 is 1.67 bits per heavy atom. The maximum atomic E-state index is 12.0. The summed E-state index contributed by atoms with van der Waals surface area (Å²) in [4.78, 5) is 16.0. The maximum absolute atomic E-state index is 12.0. The lowest BCUT2D eigenvalue weighted by Crippen LogP contribution is -2.36. The summed E-state index contributed by atoms with van der Waals surface area (Å²) in [6.45, 7) is 4.07. The van der Waals surface area contributed by atoms with E-state index < -0.39 is 6.10 Å². The van der Waals surface area contributed by atoms with Gasteiger partial charge in [-0.05, 0) is 6.92 Å². The van der Waals surface area contributed by atoms with Crippen molar-refractivity contribution in [3.8, 4) is 0 Å². The standard InChI is InChI=1S/C10H14N2O3/c1-2-12-4-3-11-10(12)9(13)8-7-14-5-6-15-8/h3-4,8H,2,5-7H2,1H3. The molecule has 2 rings (SSSR count). The van der Waals surface area contributed by atoms with Crippen LogP contribution in [0.5, 0.6) is 0 Å². The highest BCUT2D eigenvalue weighted by Crippen LogP contribution is 2.08. The van der Waals surface area contributed by atoms with Crippen molar-refractivity contribution in [1.29, 1.82) is 0 Å². The number of Topliss-reactive ketones (excluding diaryl/α,β-unsaturated/α-hetero) is 1. The second kappa shape index (κ2) is 4.55. The fourth-order valence-corrected chi connectivity index (χ4v) is 1.57. The molecule has 0 spiro atoms. The number of rotatable bonds is 3. The summed E-state index contributed by atoms with van der Waals surface area (Å²) in [5.41, 5.74) is 0. The Hall–Kier alpha value is -1.20. The summed E-state index contributed by atoms with van der Waals surface area (Å²) >= 11 is 0. The van der Waals surface area contributed by atoms with Gasteiger partial charge in [0, 0.05) is 18.9 Å². The molecule has 15 heavy (non-hydrogen) atoms. The molecule has 1 aliphatic heterocycles. The zero-order valence-electron chi connectivity index (χ0n) is 8.68. The van der Waals surface area contributed by atoms with Crippen molar-refractivity contribution in [2.75, 3.05) is 19.8 Å². The van der Waals surface area contributed by atoms with E-state index in [9.17, 15) is 4.79 Å². The number of ketones is 1. The lowest BCUT2D eigenvalue weighted by Gasteiger charge is -2.21. The van der Waals surface area contributed by atoms with Gasteiger partial charge in [-0.3, -0.25) is 4.79 Å². The number of aryl methyl sites for hydroxylation is 1. The molecule has 0 radical (unpaired) electrons. The summed E-state index contributed by atoms with van der Waals surface area (Å²) in [6.07, 6.45) is 2.92. The summed E-state index contributed by atoms with van der Waals surface area (Å²) in [6, 6.07) is 0. The van der Waals surface area contributed by atoms with E-state index in [1.165, 1.54) is 0 Å². The molecule has 0 saturated carbocycles. The van der Waals surface area contributed by atoms with Crippen molar-refractivity contribution >= 4 is 5.78 Å². The highest BCUT2D eigenvalue weighted by Gasteiger charge is 2.26. The summed E-state index contributed by atoms with van der Waals surface area (Å²) < 4.78 is 12.3. The lowest BCUT2D eigenvalue weighted by molar-refractivity contribution is -0.0723. The molecule has 1 saturated heterocycles. The minimum Gasteiger partial charge on any atom is -0.376 e. The number of hydrogen-bond acceptors (Lipinski definition) is 4. The number of ether oxygens (including phenoxy) is 2. The second-order valence-corrected chi connectivity index (χ2v) is 3.34.